The first-order valence-corrected chi connectivity index (χ1v) is 8.06. The number of ether oxygens (including phenoxy) is 1. The lowest BCUT2D eigenvalue weighted by Crippen LogP contribution is -2.29. The van der Waals surface area contributed by atoms with Gasteiger partial charge >= 0.3 is 0 Å². The first-order chi connectivity index (χ1) is 10.7. The molecule has 1 aliphatic heterocycles. The van der Waals surface area contributed by atoms with Crippen LogP contribution in [0.5, 0.6) is 5.75 Å². The Kier molecular flexibility index (Phi) is 4.52. The molecule has 2 aromatic rings. The van der Waals surface area contributed by atoms with Crippen molar-refractivity contribution in [2.45, 2.75) is 32.8 Å². The molecular weight excluding hydrogens is 272 g/mol. The van der Waals surface area contributed by atoms with E-state index < -0.39 is 0 Å². The number of nitrogens with two attached hydrogens (primary N) is 1. The minimum atomic E-state index is 0.580. The Hall–Kier alpha value is -2.16. The minimum absolute atomic E-state index is 0.580. The van der Waals surface area contributed by atoms with E-state index in [1.807, 2.05) is 12.1 Å². The summed E-state index contributed by atoms with van der Waals surface area (Å²) in [5, 5.41) is 0. The fraction of sp³-hybridized carbons (Fsp3) is 0.368. The van der Waals surface area contributed by atoms with Crippen LogP contribution in [0.3, 0.4) is 0 Å². The van der Waals surface area contributed by atoms with Crippen molar-refractivity contribution in [3.63, 3.8) is 0 Å². The zero-order valence-corrected chi connectivity index (χ0v) is 13.2. The van der Waals surface area contributed by atoms with E-state index >= 15 is 0 Å². The standard InChI is InChI=1S/C19H24N2O/c1-15-7-3-4-8-16(15)14-22-19-13-17(20)9-10-18(19)21-11-5-2-6-12-21/h3-4,7-10,13H,2,5-6,11-12,14,20H2,1H3. The number of piperidine rings is 1. The van der Waals surface area contributed by atoms with E-state index in [9.17, 15) is 0 Å². The number of nitrogens with zero attached hydrogens (tertiary/aromatic N) is 1. The lowest BCUT2D eigenvalue weighted by atomic mass is 10.1. The smallest absolute Gasteiger partial charge is 0.145 e. The summed E-state index contributed by atoms with van der Waals surface area (Å²) in [6, 6.07) is 14.3. The largest absolute Gasteiger partial charge is 0.487 e. The van der Waals surface area contributed by atoms with Crippen LogP contribution in [-0.4, -0.2) is 13.1 Å². The summed E-state index contributed by atoms with van der Waals surface area (Å²) in [7, 11) is 0. The van der Waals surface area contributed by atoms with E-state index in [1.54, 1.807) is 0 Å². The van der Waals surface area contributed by atoms with E-state index in [0.717, 1.165) is 24.5 Å². The van der Waals surface area contributed by atoms with Crippen molar-refractivity contribution in [3.8, 4) is 5.75 Å². The topological polar surface area (TPSA) is 38.5 Å². The molecular formula is C19H24N2O. The van der Waals surface area contributed by atoms with Crippen LogP contribution < -0.4 is 15.4 Å². The summed E-state index contributed by atoms with van der Waals surface area (Å²) in [4.78, 5) is 2.41. The maximum atomic E-state index is 6.12. The summed E-state index contributed by atoms with van der Waals surface area (Å²) in [5.74, 6) is 0.894. The molecule has 2 aromatic carbocycles. The van der Waals surface area contributed by atoms with Crippen LogP contribution >= 0.6 is 0 Å². The maximum Gasteiger partial charge on any atom is 0.145 e. The molecule has 0 spiro atoms. The van der Waals surface area contributed by atoms with Gasteiger partial charge in [-0.15, -0.1) is 0 Å². The van der Waals surface area contributed by atoms with Crippen molar-refractivity contribution >= 4 is 11.4 Å². The fourth-order valence-electron chi connectivity index (χ4n) is 2.97. The molecule has 1 heterocycles. The van der Waals surface area contributed by atoms with Crippen LogP contribution in [0.2, 0.25) is 0 Å². The Morgan fingerprint density at radius 2 is 1.82 bits per heavy atom. The molecule has 1 saturated heterocycles. The highest BCUT2D eigenvalue weighted by Gasteiger charge is 2.15. The molecule has 116 valence electrons. The van der Waals surface area contributed by atoms with Crippen molar-refractivity contribution in [2.75, 3.05) is 23.7 Å². The van der Waals surface area contributed by atoms with Gasteiger partial charge in [0.25, 0.3) is 0 Å². The van der Waals surface area contributed by atoms with Crippen molar-refractivity contribution in [1.82, 2.24) is 0 Å². The van der Waals surface area contributed by atoms with E-state index in [1.165, 1.54) is 36.1 Å². The number of benzene rings is 2. The van der Waals surface area contributed by atoms with Crippen LogP contribution in [0, 0.1) is 6.92 Å². The summed E-state index contributed by atoms with van der Waals surface area (Å²) in [6.07, 6.45) is 3.83. The van der Waals surface area contributed by atoms with Gasteiger partial charge in [0.05, 0.1) is 5.69 Å². The summed E-state index contributed by atoms with van der Waals surface area (Å²) in [5.41, 5.74) is 10.3. The van der Waals surface area contributed by atoms with Gasteiger partial charge in [-0.25, -0.2) is 0 Å². The van der Waals surface area contributed by atoms with Gasteiger partial charge in [0.15, 0.2) is 0 Å². The van der Waals surface area contributed by atoms with Crippen molar-refractivity contribution in [2.24, 2.45) is 0 Å². The molecule has 0 aliphatic carbocycles. The number of rotatable bonds is 4. The zero-order valence-electron chi connectivity index (χ0n) is 13.2. The van der Waals surface area contributed by atoms with Gasteiger partial charge < -0.3 is 15.4 Å². The number of hydrogen-bond donors (Lipinski definition) is 1. The van der Waals surface area contributed by atoms with E-state index in [0.29, 0.717) is 6.61 Å². The maximum absolute atomic E-state index is 6.12. The molecule has 1 aliphatic rings. The van der Waals surface area contributed by atoms with Gasteiger partial charge in [-0.3, -0.25) is 0 Å². The third kappa shape index (κ3) is 3.35. The molecule has 22 heavy (non-hydrogen) atoms. The molecule has 0 saturated carbocycles. The first-order valence-electron chi connectivity index (χ1n) is 8.06. The highest BCUT2D eigenvalue weighted by molar-refractivity contribution is 5.64. The highest BCUT2D eigenvalue weighted by Crippen LogP contribution is 2.33. The van der Waals surface area contributed by atoms with E-state index in [-0.39, 0.29) is 0 Å². The highest BCUT2D eigenvalue weighted by atomic mass is 16.5. The monoisotopic (exact) mass is 296 g/mol. The molecule has 0 bridgehead atoms. The quantitative estimate of drug-likeness (QED) is 0.862. The minimum Gasteiger partial charge on any atom is -0.487 e. The predicted octanol–water partition coefficient (Wildman–Crippen LogP) is 4.15. The Morgan fingerprint density at radius 3 is 2.59 bits per heavy atom. The molecule has 0 radical (unpaired) electrons. The average molecular weight is 296 g/mol. The number of nitrogen functional groups attached to an aromatic ring is 1. The molecule has 2 N–H and O–H groups in total. The third-order valence-electron chi connectivity index (χ3n) is 4.33. The third-order valence-corrected chi connectivity index (χ3v) is 4.33. The van der Waals surface area contributed by atoms with Gasteiger partial charge in [0, 0.05) is 24.8 Å². The van der Waals surface area contributed by atoms with Gasteiger partial charge in [0.2, 0.25) is 0 Å². The van der Waals surface area contributed by atoms with Crippen LogP contribution in [0.15, 0.2) is 42.5 Å². The number of aryl methyl sites for hydroxylation is 1. The fourth-order valence-corrected chi connectivity index (χ4v) is 2.97. The number of anilines is 2. The predicted molar refractivity (Wildman–Crippen MR) is 92.4 cm³/mol. The molecule has 0 unspecified atom stereocenters. The normalized spacial score (nSPS) is 14.9. The van der Waals surface area contributed by atoms with Crippen LogP contribution in [-0.2, 0) is 6.61 Å². The van der Waals surface area contributed by atoms with Gasteiger partial charge in [-0.1, -0.05) is 24.3 Å². The van der Waals surface area contributed by atoms with Crippen LogP contribution in [0.25, 0.3) is 0 Å². The lowest BCUT2D eigenvalue weighted by molar-refractivity contribution is 0.305. The molecule has 3 rings (SSSR count). The van der Waals surface area contributed by atoms with Crippen molar-refractivity contribution < 1.29 is 4.74 Å². The van der Waals surface area contributed by atoms with Gasteiger partial charge in [-0.05, 0) is 49.4 Å². The second-order valence-corrected chi connectivity index (χ2v) is 5.99. The lowest BCUT2D eigenvalue weighted by Gasteiger charge is -2.30. The van der Waals surface area contributed by atoms with Gasteiger partial charge in [-0.2, -0.15) is 0 Å². The Bertz CT molecular complexity index is 633. The molecule has 0 atom stereocenters. The molecule has 3 heteroatoms. The molecule has 3 nitrogen and oxygen atoms in total. The second kappa shape index (κ2) is 6.73. The summed E-state index contributed by atoms with van der Waals surface area (Å²) in [6.45, 7) is 4.90. The van der Waals surface area contributed by atoms with E-state index in [2.05, 4.69) is 42.2 Å². The second-order valence-electron chi connectivity index (χ2n) is 5.99. The molecule has 0 amide bonds. The van der Waals surface area contributed by atoms with Crippen LogP contribution in [0.1, 0.15) is 30.4 Å². The summed E-state index contributed by atoms with van der Waals surface area (Å²) < 4.78 is 6.12. The van der Waals surface area contributed by atoms with E-state index in [4.69, 9.17) is 10.5 Å². The van der Waals surface area contributed by atoms with Crippen molar-refractivity contribution in [3.05, 3.63) is 53.6 Å². The van der Waals surface area contributed by atoms with Crippen LogP contribution in [0.4, 0.5) is 11.4 Å². The zero-order chi connectivity index (χ0) is 15.4. The Balaban J connectivity index is 1.79. The molecule has 0 aromatic heterocycles. The SMILES string of the molecule is Cc1ccccc1COc1cc(N)ccc1N1CCCCC1. The Labute approximate surface area is 132 Å². The summed E-state index contributed by atoms with van der Waals surface area (Å²) >= 11 is 0. The number of hydrogen-bond acceptors (Lipinski definition) is 3. The Morgan fingerprint density at radius 1 is 1.05 bits per heavy atom. The van der Waals surface area contributed by atoms with Gasteiger partial charge in [0.1, 0.15) is 12.4 Å². The van der Waals surface area contributed by atoms with Crippen molar-refractivity contribution in [1.29, 1.82) is 0 Å². The molecule has 1 fully saturated rings. The average Bonchev–Trinajstić information content (AvgIpc) is 2.55. The first kappa shape index (κ1) is 14.8.